The molecule has 1 aliphatic heterocycles. The maximum atomic E-state index is 13.6. The molecule has 0 aliphatic carbocycles. The summed E-state index contributed by atoms with van der Waals surface area (Å²) < 4.78 is 19.0. The number of hydrogen-bond acceptors (Lipinski definition) is 3. The molecule has 1 fully saturated rings. The quantitative estimate of drug-likeness (QED) is 0.781. The number of amides is 1. The van der Waals surface area contributed by atoms with Crippen molar-refractivity contribution in [1.82, 2.24) is 14.9 Å². The molecule has 26 heavy (non-hydrogen) atoms. The van der Waals surface area contributed by atoms with Crippen LogP contribution in [0.15, 0.2) is 48.7 Å². The van der Waals surface area contributed by atoms with E-state index in [1.807, 2.05) is 12.1 Å². The van der Waals surface area contributed by atoms with Gasteiger partial charge in [-0.25, -0.2) is 4.39 Å². The van der Waals surface area contributed by atoms with Crippen molar-refractivity contribution in [1.29, 1.82) is 0 Å². The summed E-state index contributed by atoms with van der Waals surface area (Å²) in [5.41, 5.74) is 3.05. The molecule has 3 heterocycles. The molecule has 1 amide bonds. The van der Waals surface area contributed by atoms with Gasteiger partial charge in [-0.15, -0.1) is 0 Å². The smallest absolute Gasteiger partial charge is 0.260 e. The van der Waals surface area contributed by atoms with Gasteiger partial charge in [0.25, 0.3) is 5.91 Å². The first-order valence-electron chi connectivity index (χ1n) is 8.79. The molecule has 3 aromatic rings. The van der Waals surface area contributed by atoms with Gasteiger partial charge in [0.1, 0.15) is 0 Å². The molecule has 1 N–H and O–H groups in total. The van der Waals surface area contributed by atoms with Crippen molar-refractivity contribution in [3.63, 3.8) is 0 Å². The Morgan fingerprint density at radius 2 is 2.19 bits per heavy atom. The van der Waals surface area contributed by atoms with Crippen LogP contribution in [-0.2, 0) is 4.79 Å². The number of carbonyl (C=O) groups excluding carboxylic acids is 1. The molecule has 6 heteroatoms. The van der Waals surface area contributed by atoms with Crippen LogP contribution in [0.5, 0.6) is 5.75 Å². The molecule has 0 spiro atoms. The summed E-state index contributed by atoms with van der Waals surface area (Å²) in [6.07, 6.45) is 3.72. The van der Waals surface area contributed by atoms with Crippen LogP contribution in [0.3, 0.4) is 0 Å². The zero-order valence-electron chi connectivity index (χ0n) is 14.3. The Hall–Kier alpha value is -2.89. The summed E-state index contributed by atoms with van der Waals surface area (Å²) in [5, 5.41) is 0. The van der Waals surface area contributed by atoms with E-state index in [1.54, 1.807) is 23.2 Å². The largest absolute Gasteiger partial charge is 0.481 e. The summed E-state index contributed by atoms with van der Waals surface area (Å²) in [4.78, 5) is 22.1. The average molecular weight is 353 g/mol. The van der Waals surface area contributed by atoms with Gasteiger partial charge in [-0.1, -0.05) is 12.1 Å². The number of carbonyl (C=O) groups is 1. The number of hydrogen-bond donors (Lipinski definition) is 1. The molecule has 1 atom stereocenters. The number of aromatic amines is 1. The highest BCUT2D eigenvalue weighted by atomic mass is 19.1. The minimum absolute atomic E-state index is 0.108. The minimum Gasteiger partial charge on any atom is -0.481 e. The van der Waals surface area contributed by atoms with E-state index in [4.69, 9.17) is 4.74 Å². The molecule has 1 aromatic carbocycles. The normalized spacial score (nSPS) is 17.4. The van der Waals surface area contributed by atoms with E-state index < -0.39 is 5.82 Å². The van der Waals surface area contributed by atoms with Gasteiger partial charge >= 0.3 is 0 Å². The molecule has 5 nitrogen and oxygen atoms in total. The Balaban J connectivity index is 1.41. The van der Waals surface area contributed by atoms with E-state index in [9.17, 15) is 9.18 Å². The maximum absolute atomic E-state index is 13.6. The SMILES string of the molecule is O=C(COc1ccccc1F)N1CCC[C@@H](c2cc3ncccc3[nH]2)C1. The number of aromatic nitrogens is 2. The van der Waals surface area contributed by atoms with Crippen molar-refractivity contribution < 1.29 is 13.9 Å². The van der Waals surface area contributed by atoms with Crippen molar-refractivity contribution in [2.75, 3.05) is 19.7 Å². The number of nitrogens with zero attached hydrogens (tertiary/aromatic N) is 2. The first kappa shape index (κ1) is 16.6. The number of halogens is 1. The van der Waals surface area contributed by atoms with Gasteiger partial charge in [0, 0.05) is 30.9 Å². The molecule has 2 aromatic heterocycles. The number of para-hydroxylation sites is 1. The van der Waals surface area contributed by atoms with Crippen LogP contribution >= 0.6 is 0 Å². The molecule has 1 aliphatic rings. The van der Waals surface area contributed by atoms with E-state index >= 15 is 0 Å². The van der Waals surface area contributed by atoms with Crippen LogP contribution in [0.2, 0.25) is 0 Å². The second kappa shape index (κ2) is 7.15. The summed E-state index contributed by atoms with van der Waals surface area (Å²) in [5.74, 6) is -0.221. The van der Waals surface area contributed by atoms with E-state index in [1.165, 1.54) is 12.1 Å². The second-order valence-electron chi connectivity index (χ2n) is 6.56. The average Bonchev–Trinajstić information content (AvgIpc) is 3.11. The predicted octanol–water partition coefficient (Wildman–Crippen LogP) is 3.49. The third-order valence-corrected chi connectivity index (χ3v) is 4.81. The molecule has 0 saturated carbocycles. The number of ether oxygens (including phenoxy) is 1. The van der Waals surface area contributed by atoms with Crippen LogP contribution in [-0.4, -0.2) is 40.5 Å². The number of fused-ring (bicyclic) bond motifs is 1. The predicted molar refractivity (Wildman–Crippen MR) is 96.5 cm³/mol. The zero-order valence-corrected chi connectivity index (χ0v) is 14.3. The third kappa shape index (κ3) is 3.40. The van der Waals surface area contributed by atoms with Crippen molar-refractivity contribution in [2.45, 2.75) is 18.8 Å². The Morgan fingerprint density at radius 1 is 1.31 bits per heavy atom. The number of nitrogens with one attached hydrogen (secondary N) is 1. The molecule has 1 saturated heterocycles. The van der Waals surface area contributed by atoms with Crippen LogP contribution in [0.4, 0.5) is 4.39 Å². The number of rotatable bonds is 4. The molecule has 134 valence electrons. The lowest BCUT2D eigenvalue weighted by atomic mass is 9.95. The molecular formula is C20H20FN3O2. The van der Waals surface area contributed by atoms with Gasteiger partial charge in [-0.05, 0) is 43.2 Å². The number of piperidine rings is 1. The Morgan fingerprint density at radius 3 is 3.04 bits per heavy atom. The Bertz CT molecular complexity index is 891. The monoisotopic (exact) mass is 353 g/mol. The molecule has 4 rings (SSSR count). The van der Waals surface area contributed by atoms with Crippen molar-refractivity contribution >= 4 is 16.9 Å². The minimum atomic E-state index is -0.456. The topological polar surface area (TPSA) is 58.2 Å². The van der Waals surface area contributed by atoms with Crippen LogP contribution in [0.25, 0.3) is 11.0 Å². The highest BCUT2D eigenvalue weighted by Crippen LogP contribution is 2.28. The van der Waals surface area contributed by atoms with E-state index in [2.05, 4.69) is 16.0 Å². The van der Waals surface area contributed by atoms with Gasteiger partial charge in [0.05, 0.1) is 11.0 Å². The molecule has 0 bridgehead atoms. The molecule has 0 radical (unpaired) electrons. The fraction of sp³-hybridized carbons (Fsp3) is 0.300. The van der Waals surface area contributed by atoms with Crippen LogP contribution < -0.4 is 4.74 Å². The van der Waals surface area contributed by atoms with Crippen LogP contribution in [0, 0.1) is 5.82 Å². The highest BCUT2D eigenvalue weighted by molar-refractivity contribution is 5.78. The van der Waals surface area contributed by atoms with Gasteiger partial charge in [0.15, 0.2) is 18.2 Å². The lowest BCUT2D eigenvalue weighted by Gasteiger charge is -2.32. The fourth-order valence-corrected chi connectivity index (χ4v) is 3.45. The van der Waals surface area contributed by atoms with Gasteiger partial charge in [-0.2, -0.15) is 0 Å². The number of likely N-dealkylation sites (tertiary alicyclic amines) is 1. The zero-order chi connectivity index (χ0) is 17.9. The Labute approximate surface area is 150 Å². The second-order valence-corrected chi connectivity index (χ2v) is 6.56. The van der Waals surface area contributed by atoms with Crippen molar-refractivity contribution in [3.05, 3.63) is 60.2 Å². The van der Waals surface area contributed by atoms with Crippen molar-refractivity contribution in [2.24, 2.45) is 0 Å². The summed E-state index contributed by atoms with van der Waals surface area (Å²) in [6, 6.07) is 12.1. The number of benzene rings is 1. The summed E-state index contributed by atoms with van der Waals surface area (Å²) in [7, 11) is 0. The van der Waals surface area contributed by atoms with E-state index in [-0.39, 0.29) is 24.2 Å². The third-order valence-electron chi connectivity index (χ3n) is 4.81. The molecule has 0 unspecified atom stereocenters. The number of H-pyrrole nitrogens is 1. The van der Waals surface area contributed by atoms with Gasteiger partial charge in [0.2, 0.25) is 0 Å². The van der Waals surface area contributed by atoms with Gasteiger partial charge in [-0.3, -0.25) is 9.78 Å². The summed E-state index contributed by atoms with van der Waals surface area (Å²) >= 11 is 0. The first-order valence-corrected chi connectivity index (χ1v) is 8.79. The Kier molecular flexibility index (Phi) is 4.56. The van der Waals surface area contributed by atoms with Crippen LogP contribution in [0.1, 0.15) is 24.5 Å². The summed E-state index contributed by atoms with van der Waals surface area (Å²) in [6.45, 7) is 1.18. The lowest BCUT2D eigenvalue weighted by Crippen LogP contribution is -2.41. The van der Waals surface area contributed by atoms with E-state index in [0.717, 1.165) is 29.6 Å². The fourth-order valence-electron chi connectivity index (χ4n) is 3.45. The lowest BCUT2D eigenvalue weighted by molar-refractivity contribution is -0.134. The standard InChI is InChI=1S/C20H20FN3O2/c21-15-6-1-2-8-19(15)26-13-20(25)24-10-4-5-14(12-24)17-11-18-16(23-17)7-3-9-22-18/h1-3,6-9,11,14,23H,4-5,10,12-13H2/t14-/m1/s1. The van der Waals surface area contributed by atoms with Gasteiger partial charge < -0.3 is 14.6 Å². The number of pyridine rings is 1. The first-order chi connectivity index (χ1) is 12.7. The highest BCUT2D eigenvalue weighted by Gasteiger charge is 2.26. The maximum Gasteiger partial charge on any atom is 0.260 e. The van der Waals surface area contributed by atoms with E-state index in [0.29, 0.717) is 13.1 Å². The molecular weight excluding hydrogens is 333 g/mol. The van der Waals surface area contributed by atoms with Crippen molar-refractivity contribution in [3.8, 4) is 5.75 Å².